The summed E-state index contributed by atoms with van der Waals surface area (Å²) in [7, 11) is 0. The molecule has 0 aromatic heterocycles. The lowest BCUT2D eigenvalue weighted by atomic mass is 10.1. The van der Waals surface area contributed by atoms with Crippen molar-refractivity contribution >= 4 is 17.9 Å². The first-order chi connectivity index (χ1) is 34.5. The molecular formula is C64H108O6. The zero-order chi connectivity index (χ0) is 50.7. The Hall–Kier alpha value is -3.67. The van der Waals surface area contributed by atoms with E-state index in [-0.39, 0.29) is 31.1 Å². The first kappa shape index (κ1) is 66.3. The maximum atomic E-state index is 12.9. The van der Waals surface area contributed by atoms with E-state index in [0.717, 1.165) is 122 Å². The van der Waals surface area contributed by atoms with Gasteiger partial charge in [-0.2, -0.15) is 0 Å². The molecule has 0 saturated carbocycles. The van der Waals surface area contributed by atoms with Crippen LogP contribution in [-0.2, 0) is 28.6 Å². The maximum absolute atomic E-state index is 12.9. The highest BCUT2D eigenvalue weighted by atomic mass is 16.6. The zero-order valence-electron chi connectivity index (χ0n) is 45.8. The van der Waals surface area contributed by atoms with Gasteiger partial charge in [0.15, 0.2) is 6.10 Å². The summed E-state index contributed by atoms with van der Waals surface area (Å²) >= 11 is 0. The Balaban J connectivity index is 4.47. The fourth-order valence-electron chi connectivity index (χ4n) is 7.92. The number of hydrogen-bond donors (Lipinski definition) is 0. The van der Waals surface area contributed by atoms with Crippen LogP contribution in [0.1, 0.15) is 271 Å². The van der Waals surface area contributed by atoms with Crippen LogP contribution in [-0.4, -0.2) is 37.2 Å². The molecule has 70 heavy (non-hydrogen) atoms. The number of rotatable bonds is 52. The second-order valence-electron chi connectivity index (χ2n) is 19.2. The summed E-state index contributed by atoms with van der Waals surface area (Å²) in [5.41, 5.74) is 0. The lowest BCUT2D eigenvalue weighted by Gasteiger charge is -2.18. The SMILES string of the molecule is CC/C=C\C/C=C\C/C=C\C/C=C\CCCCCCCCC(=O)OCC(COC(=O)CCCCC/C=C\C=C/CCCCCCCCC)OC(=O)CCCCCCCCC/C=C\C/C=C\CCCCC. The number of hydrogen-bond acceptors (Lipinski definition) is 6. The van der Waals surface area contributed by atoms with Gasteiger partial charge in [-0.05, 0) is 116 Å². The topological polar surface area (TPSA) is 78.9 Å². The van der Waals surface area contributed by atoms with E-state index in [4.69, 9.17) is 14.2 Å². The number of esters is 3. The highest BCUT2D eigenvalue weighted by molar-refractivity contribution is 5.71. The minimum atomic E-state index is -0.801. The standard InChI is InChI=1S/C64H108O6/c1-4-7-10-13-16-19-22-25-28-31-32-34-36-39-42-45-48-51-54-57-63(66)69-60-61(59-68-62(65)56-53-50-47-44-41-38-35-30-27-24-21-18-15-12-9-6-3)70-64(67)58-55-52-49-46-43-40-37-33-29-26-23-20-17-14-11-8-5-2/h7,10,16-17,19-20,25-26,28-30,32,34-35,38,41,61H,4-6,8-9,11-15,18,21-24,27,31,33,36-37,39-40,42-60H2,1-3H3/b10-7-,19-16-,20-17-,28-25-,29-26-,34-32-,35-30-,41-38-. The Morgan fingerprint density at radius 1 is 0.314 bits per heavy atom. The minimum absolute atomic E-state index is 0.0973. The van der Waals surface area contributed by atoms with Crippen LogP contribution in [0.3, 0.4) is 0 Å². The number of unbranched alkanes of at least 4 members (excludes halogenated alkanes) is 26. The smallest absolute Gasteiger partial charge is 0.306 e. The monoisotopic (exact) mass is 973 g/mol. The minimum Gasteiger partial charge on any atom is -0.462 e. The summed E-state index contributed by atoms with van der Waals surface area (Å²) in [5.74, 6) is -0.941. The summed E-state index contributed by atoms with van der Waals surface area (Å²) in [6.07, 6.45) is 76.8. The number of allylic oxidation sites excluding steroid dienone is 16. The highest BCUT2D eigenvalue weighted by Gasteiger charge is 2.19. The van der Waals surface area contributed by atoms with Crippen LogP contribution in [0.5, 0.6) is 0 Å². The Morgan fingerprint density at radius 2 is 0.600 bits per heavy atom. The van der Waals surface area contributed by atoms with Crippen LogP contribution in [0.15, 0.2) is 97.2 Å². The lowest BCUT2D eigenvalue weighted by molar-refractivity contribution is -0.167. The molecule has 0 aromatic carbocycles. The molecule has 1 atom stereocenters. The molecule has 6 heteroatoms. The van der Waals surface area contributed by atoms with Crippen molar-refractivity contribution in [3.05, 3.63) is 97.2 Å². The van der Waals surface area contributed by atoms with Crippen LogP contribution in [0.4, 0.5) is 0 Å². The molecule has 0 aliphatic heterocycles. The molecule has 0 rings (SSSR count). The molecule has 0 fully saturated rings. The Bertz CT molecular complexity index is 1400. The second kappa shape index (κ2) is 57.9. The Morgan fingerprint density at radius 3 is 1.00 bits per heavy atom. The number of carbonyl (C=O) groups is 3. The summed E-state index contributed by atoms with van der Waals surface area (Å²) in [6, 6.07) is 0. The third-order valence-electron chi connectivity index (χ3n) is 12.3. The lowest BCUT2D eigenvalue weighted by Crippen LogP contribution is -2.30. The average Bonchev–Trinajstić information content (AvgIpc) is 3.36. The van der Waals surface area contributed by atoms with Gasteiger partial charge in [-0.1, -0.05) is 234 Å². The molecular weight excluding hydrogens is 865 g/mol. The van der Waals surface area contributed by atoms with E-state index in [1.165, 1.54) is 109 Å². The third kappa shape index (κ3) is 55.3. The van der Waals surface area contributed by atoms with Crippen molar-refractivity contribution < 1.29 is 28.6 Å². The Labute approximate surface area is 432 Å². The van der Waals surface area contributed by atoms with Gasteiger partial charge in [0.05, 0.1) is 0 Å². The van der Waals surface area contributed by atoms with Crippen molar-refractivity contribution in [2.45, 2.75) is 277 Å². The quantitative estimate of drug-likeness (QED) is 0.0199. The largest absolute Gasteiger partial charge is 0.462 e. The molecule has 0 bridgehead atoms. The molecule has 0 saturated heterocycles. The van der Waals surface area contributed by atoms with E-state index in [9.17, 15) is 14.4 Å². The zero-order valence-corrected chi connectivity index (χ0v) is 45.8. The van der Waals surface area contributed by atoms with Crippen LogP contribution >= 0.6 is 0 Å². The van der Waals surface area contributed by atoms with Crippen molar-refractivity contribution in [3.63, 3.8) is 0 Å². The molecule has 0 aliphatic carbocycles. The van der Waals surface area contributed by atoms with Crippen molar-refractivity contribution in [2.24, 2.45) is 0 Å². The third-order valence-corrected chi connectivity index (χ3v) is 12.3. The molecule has 0 amide bonds. The molecule has 0 spiro atoms. The fourth-order valence-corrected chi connectivity index (χ4v) is 7.92. The first-order valence-electron chi connectivity index (χ1n) is 29.3. The van der Waals surface area contributed by atoms with E-state index in [1.54, 1.807) is 0 Å². The van der Waals surface area contributed by atoms with Gasteiger partial charge in [0.25, 0.3) is 0 Å². The molecule has 0 N–H and O–H groups in total. The highest BCUT2D eigenvalue weighted by Crippen LogP contribution is 2.14. The fraction of sp³-hybridized carbons (Fsp3) is 0.703. The van der Waals surface area contributed by atoms with Gasteiger partial charge in [0.2, 0.25) is 0 Å². The summed E-state index contributed by atoms with van der Waals surface area (Å²) < 4.78 is 16.8. The molecule has 1 unspecified atom stereocenters. The van der Waals surface area contributed by atoms with Crippen LogP contribution < -0.4 is 0 Å². The molecule has 400 valence electrons. The van der Waals surface area contributed by atoms with E-state index in [2.05, 4.69) is 118 Å². The van der Waals surface area contributed by atoms with E-state index in [0.29, 0.717) is 19.3 Å². The van der Waals surface area contributed by atoms with Crippen molar-refractivity contribution in [1.29, 1.82) is 0 Å². The van der Waals surface area contributed by atoms with Crippen molar-refractivity contribution in [1.82, 2.24) is 0 Å². The average molecular weight is 974 g/mol. The van der Waals surface area contributed by atoms with Gasteiger partial charge in [0.1, 0.15) is 13.2 Å². The summed E-state index contributed by atoms with van der Waals surface area (Å²) in [4.78, 5) is 38.2. The van der Waals surface area contributed by atoms with Gasteiger partial charge in [-0.15, -0.1) is 0 Å². The molecule has 0 aromatic rings. The second-order valence-corrected chi connectivity index (χ2v) is 19.2. The Kier molecular flexibility index (Phi) is 54.9. The van der Waals surface area contributed by atoms with Crippen LogP contribution in [0, 0.1) is 0 Å². The van der Waals surface area contributed by atoms with Gasteiger partial charge >= 0.3 is 17.9 Å². The van der Waals surface area contributed by atoms with Gasteiger partial charge in [-0.3, -0.25) is 14.4 Å². The molecule has 6 nitrogen and oxygen atoms in total. The normalized spacial score (nSPS) is 12.8. The maximum Gasteiger partial charge on any atom is 0.306 e. The number of carbonyl (C=O) groups excluding carboxylic acids is 3. The van der Waals surface area contributed by atoms with Gasteiger partial charge in [0, 0.05) is 19.3 Å². The van der Waals surface area contributed by atoms with E-state index < -0.39 is 6.10 Å². The predicted molar refractivity (Wildman–Crippen MR) is 302 cm³/mol. The molecule has 0 heterocycles. The summed E-state index contributed by atoms with van der Waals surface area (Å²) in [6.45, 7) is 6.47. The first-order valence-corrected chi connectivity index (χ1v) is 29.3. The van der Waals surface area contributed by atoms with Crippen LogP contribution in [0.2, 0.25) is 0 Å². The van der Waals surface area contributed by atoms with Crippen molar-refractivity contribution in [2.75, 3.05) is 13.2 Å². The summed E-state index contributed by atoms with van der Waals surface area (Å²) in [5, 5.41) is 0. The van der Waals surface area contributed by atoms with Gasteiger partial charge in [-0.25, -0.2) is 0 Å². The van der Waals surface area contributed by atoms with Crippen LogP contribution in [0.25, 0.3) is 0 Å². The van der Waals surface area contributed by atoms with Crippen molar-refractivity contribution in [3.8, 4) is 0 Å². The van der Waals surface area contributed by atoms with Gasteiger partial charge < -0.3 is 14.2 Å². The predicted octanol–water partition coefficient (Wildman–Crippen LogP) is 19.7. The number of ether oxygens (including phenoxy) is 3. The molecule has 0 radical (unpaired) electrons. The van der Waals surface area contributed by atoms with E-state index in [1.807, 2.05) is 0 Å². The molecule has 0 aliphatic rings. The van der Waals surface area contributed by atoms with E-state index >= 15 is 0 Å².